The lowest BCUT2D eigenvalue weighted by molar-refractivity contribution is -0.885. The van der Waals surface area contributed by atoms with Crippen LogP contribution in [0.1, 0.15) is 11.1 Å². The number of likely N-dealkylation sites (N-methyl/N-ethyl adjacent to an activating group) is 1. The summed E-state index contributed by atoms with van der Waals surface area (Å²) in [6.07, 6.45) is 0. The number of quaternary nitrogens is 1. The summed E-state index contributed by atoms with van der Waals surface area (Å²) in [6.45, 7) is 2.58. The van der Waals surface area contributed by atoms with E-state index in [-0.39, 0.29) is 12.5 Å². The number of benzene rings is 2. The van der Waals surface area contributed by atoms with Crippen LogP contribution in [-0.4, -0.2) is 19.5 Å². The molecule has 0 aliphatic rings. The molecule has 2 aromatic carbocycles. The zero-order valence-electron chi connectivity index (χ0n) is 14.9. The molecule has 0 aliphatic carbocycles. The van der Waals surface area contributed by atoms with Gasteiger partial charge in [0, 0.05) is 32.7 Å². The van der Waals surface area contributed by atoms with Crippen molar-refractivity contribution in [2.24, 2.45) is 0 Å². The van der Waals surface area contributed by atoms with Crippen LogP contribution in [-0.2, 0) is 11.3 Å². The van der Waals surface area contributed by atoms with Crippen LogP contribution >= 0.6 is 23.2 Å². The molecule has 1 atom stereocenters. The molecule has 0 spiro atoms. The Labute approximate surface area is 166 Å². The van der Waals surface area contributed by atoms with E-state index in [1.807, 2.05) is 14.0 Å². The quantitative estimate of drug-likeness (QED) is 0.641. The van der Waals surface area contributed by atoms with Crippen LogP contribution in [0.5, 0.6) is 0 Å². The van der Waals surface area contributed by atoms with Gasteiger partial charge in [-0.2, -0.15) is 0 Å². The van der Waals surface area contributed by atoms with Crippen molar-refractivity contribution in [1.29, 1.82) is 0 Å². The Kier molecular flexibility index (Phi) is 5.85. The Bertz CT molecular complexity index is 1050. The maximum absolute atomic E-state index is 12.3. The number of carbonyl (C=O) groups is 1. The molecule has 1 unspecified atom stereocenters. The highest BCUT2D eigenvalue weighted by atomic mass is 35.5. The molecule has 0 fully saturated rings. The lowest BCUT2D eigenvalue weighted by Gasteiger charge is -2.15. The summed E-state index contributed by atoms with van der Waals surface area (Å²) in [6, 6.07) is 11.9. The van der Waals surface area contributed by atoms with E-state index in [0.29, 0.717) is 27.9 Å². The van der Waals surface area contributed by atoms with Gasteiger partial charge in [0.15, 0.2) is 6.54 Å². The van der Waals surface area contributed by atoms with Gasteiger partial charge in [0.05, 0.1) is 7.05 Å². The Morgan fingerprint density at radius 3 is 2.56 bits per heavy atom. The standard InChI is InChI=1S/C20H18Cl2N2O3/c1-12-7-18-16(9-17(12)22)13(8-20(26)27-18)10-24(2)11-19(25)23-15-5-3-14(21)4-6-15/h3-9H,10-11H2,1-2H3,(H,23,25)/p+1. The van der Waals surface area contributed by atoms with Crippen LogP contribution in [0.2, 0.25) is 10.0 Å². The molecule has 1 heterocycles. The highest BCUT2D eigenvalue weighted by Gasteiger charge is 2.15. The SMILES string of the molecule is Cc1cc2oc(=O)cc(C[NH+](C)CC(=O)Nc3ccc(Cl)cc3)c2cc1Cl. The van der Waals surface area contributed by atoms with Gasteiger partial charge in [-0.05, 0) is 48.9 Å². The number of carbonyl (C=O) groups excluding carboxylic acids is 1. The first-order chi connectivity index (χ1) is 12.8. The van der Waals surface area contributed by atoms with E-state index in [0.717, 1.165) is 21.4 Å². The van der Waals surface area contributed by atoms with Gasteiger partial charge >= 0.3 is 5.63 Å². The Balaban J connectivity index is 1.74. The zero-order chi connectivity index (χ0) is 19.6. The molecule has 1 amide bonds. The molecule has 5 nitrogen and oxygen atoms in total. The number of amides is 1. The molecular weight excluding hydrogens is 387 g/mol. The van der Waals surface area contributed by atoms with Crippen molar-refractivity contribution in [2.45, 2.75) is 13.5 Å². The van der Waals surface area contributed by atoms with Crippen LogP contribution in [0.25, 0.3) is 11.0 Å². The highest BCUT2D eigenvalue weighted by Crippen LogP contribution is 2.24. The first-order valence-electron chi connectivity index (χ1n) is 8.41. The fourth-order valence-corrected chi connectivity index (χ4v) is 3.18. The largest absolute Gasteiger partial charge is 0.423 e. The molecule has 3 aromatic rings. The molecular formula is C20H19Cl2N2O3+. The molecule has 140 valence electrons. The average Bonchev–Trinajstić information content (AvgIpc) is 2.58. The van der Waals surface area contributed by atoms with Gasteiger partial charge in [-0.25, -0.2) is 4.79 Å². The van der Waals surface area contributed by atoms with Gasteiger partial charge in [0.25, 0.3) is 5.91 Å². The summed E-state index contributed by atoms with van der Waals surface area (Å²) in [4.78, 5) is 25.1. The van der Waals surface area contributed by atoms with Gasteiger partial charge in [-0.1, -0.05) is 23.2 Å². The van der Waals surface area contributed by atoms with Crippen molar-refractivity contribution >= 4 is 45.8 Å². The normalized spacial score (nSPS) is 12.1. The number of nitrogens with one attached hydrogen (secondary N) is 2. The molecule has 0 saturated heterocycles. The first kappa shape index (κ1) is 19.4. The van der Waals surface area contributed by atoms with E-state index in [4.69, 9.17) is 27.6 Å². The molecule has 0 saturated carbocycles. The maximum Gasteiger partial charge on any atom is 0.336 e. The number of anilines is 1. The Morgan fingerprint density at radius 1 is 1.15 bits per heavy atom. The van der Waals surface area contributed by atoms with Crippen LogP contribution in [0.15, 0.2) is 51.7 Å². The molecule has 0 aliphatic heterocycles. The Morgan fingerprint density at radius 2 is 1.85 bits per heavy atom. The van der Waals surface area contributed by atoms with Crippen LogP contribution < -0.4 is 15.8 Å². The minimum absolute atomic E-state index is 0.129. The summed E-state index contributed by atoms with van der Waals surface area (Å²) >= 11 is 12.1. The third-order valence-electron chi connectivity index (χ3n) is 4.19. The van der Waals surface area contributed by atoms with Crippen molar-refractivity contribution in [3.05, 3.63) is 74.1 Å². The topological polar surface area (TPSA) is 63.8 Å². The first-order valence-corrected chi connectivity index (χ1v) is 9.17. The molecule has 1 aromatic heterocycles. The number of rotatable bonds is 5. The smallest absolute Gasteiger partial charge is 0.336 e. The number of fused-ring (bicyclic) bond motifs is 1. The zero-order valence-corrected chi connectivity index (χ0v) is 16.4. The fraction of sp³-hybridized carbons (Fsp3) is 0.200. The monoisotopic (exact) mass is 405 g/mol. The lowest BCUT2D eigenvalue weighted by atomic mass is 10.1. The number of aryl methyl sites for hydroxylation is 1. The van der Waals surface area contributed by atoms with Crippen molar-refractivity contribution in [3.8, 4) is 0 Å². The van der Waals surface area contributed by atoms with Crippen LogP contribution in [0, 0.1) is 6.92 Å². The maximum atomic E-state index is 12.3. The van der Waals surface area contributed by atoms with Gasteiger partial charge in [0.2, 0.25) is 0 Å². The predicted molar refractivity (Wildman–Crippen MR) is 108 cm³/mol. The second-order valence-electron chi connectivity index (χ2n) is 6.55. The van der Waals surface area contributed by atoms with Crippen LogP contribution in [0.3, 0.4) is 0 Å². The Hall–Kier alpha value is -2.34. The van der Waals surface area contributed by atoms with E-state index < -0.39 is 5.63 Å². The van der Waals surface area contributed by atoms with Gasteiger partial charge in [-0.3, -0.25) is 4.79 Å². The van der Waals surface area contributed by atoms with Gasteiger partial charge < -0.3 is 14.6 Å². The molecule has 2 N–H and O–H groups in total. The summed E-state index contributed by atoms with van der Waals surface area (Å²) in [5, 5.41) is 4.83. The van der Waals surface area contributed by atoms with E-state index in [1.165, 1.54) is 6.07 Å². The summed E-state index contributed by atoms with van der Waals surface area (Å²) in [7, 11) is 1.89. The second-order valence-corrected chi connectivity index (χ2v) is 7.40. The van der Waals surface area contributed by atoms with Gasteiger partial charge in [0.1, 0.15) is 12.1 Å². The van der Waals surface area contributed by atoms with Crippen molar-refractivity contribution < 1.29 is 14.1 Å². The summed E-state index contributed by atoms with van der Waals surface area (Å²) in [5.41, 5.74) is 2.40. The number of hydrogen-bond donors (Lipinski definition) is 2. The number of hydrogen-bond acceptors (Lipinski definition) is 3. The highest BCUT2D eigenvalue weighted by molar-refractivity contribution is 6.32. The average molecular weight is 406 g/mol. The lowest BCUT2D eigenvalue weighted by Crippen LogP contribution is -3.08. The molecule has 27 heavy (non-hydrogen) atoms. The summed E-state index contributed by atoms with van der Waals surface area (Å²) < 4.78 is 5.28. The third-order valence-corrected chi connectivity index (χ3v) is 4.85. The molecule has 0 radical (unpaired) electrons. The van der Waals surface area contributed by atoms with E-state index >= 15 is 0 Å². The molecule has 0 bridgehead atoms. The van der Waals surface area contributed by atoms with E-state index in [2.05, 4.69) is 5.32 Å². The molecule has 7 heteroatoms. The second kappa shape index (κ2) is 8.13. The van der Waals surface area contributed by atoms with Crippen molar-refractivity contribution in [3.63, 3.8) is 0 Å². The van der Waals surface area contributed by atoms with E-state index in [1.54, 1.807) is 36.4 Å². The van der Waals surface area contributed by atoms with Gasteiger partial charge in [-0.15, -0.1) is 0 Å². The number of halogens is 2. The summed E-state index contributed by atoms with van der Waals surface area (Å²) in [5.74, 6) is -0.129. The predicted octanol–water partition coefficient (Wildman–Crippen LogP) is 3.06. The molecule has 3 rings (SSSR count). The van der Waals surface area contributed by atoms with E-state index in [9.17, 15) is 9.59 Å². The van der Waals surface area contributed by atoms with Crippen molar-refractivity contribution in [1.82, 2.24) is 0 Å². The third kappa shape index (κ3) is 4.89. The van der Waals surface area contributed by atoms with Crippen LogP contribution in [0.4, 0.5) is 5.69 Å². The minimum atomic E-state index is -0.419. The van der Waals surface area contributed by atoms with Crippen molar-refractivity contribution in [2.75, 3.05) is 18.9 Å². The minimum Gasteiger partial charge on any atom is -0.423 e. The fourth-order valence-electron chi connectivity index (χ4n) is 2.89.